The van der Waals surface area contributed by atoms with Crippen LogP contribution in [0.1, 0.15) is 17.4 Å². The Hall–Kier alpha value is -1.68. The predicted molar refractivity (Wildman–Crippen MR) is 53.8 cm³/mol. The molecule has 0 aliphatic carbocycles. The van der Waals surface area contributed by atoms with Gasteiger partial charge in [0.05, 0.1) is 12.1 Å². The summed E-state index contributed by atoms with van der Waals surface area (Å²) in [5, 5.41) is 0. The van der Waals surface area contributed by atoms with Gasteiger partial charge in [-0.1, -0.05) is 12.1 Å². The molecular weight excluding hydrogens is 195 g/mol. The van der Waals surface area contributed by atoms with E-state index in [0.717, 1.165) is 5.56 Å². The van der Waals surface area contributed by atoms with Crippen molar-refractivity contribution >= 4 is 0 Å². The molecule has 3 nitrogen and oxygen atoms in total. The van der Waals surface area contributed by atoms with Crippen molar-refractivity contribution in [2.45, 2.75) is 5.92 Å². The molecule has 0 aliphatic heterocycles. The number of hydrogen-bond acceptors (Lipinski definition) is 3. The molecule has 4 heteroatoms. The first-order valence-electron chi connectivity index (χ1n) is 4.66. The van der Waals surface area contributed by atoms with Crippen molar-refractivity contribution in [3.8, 4) is 0 Å². The van der Waals surface area contributed by atoms with Gasteiger partial charge in [-0.05, 0) is 17.7 Å². The largest absolute Gasteiger partial charge is 0.448 e. The lowest BCUT2D eigenvalue weighted by molar-refractivity contribution is 0.471. The summed E-state index contributed by atoms with van der Waals surface area (Å²) in [4.78, 5) is 4.05. The first kappa shape index (κ1) is 9.86. The topological polar surface area (TPSA) is 52.0 Å². The van der Waals surface area contributed by atoms with E-state index in [1.54, 1.807) is 18.3 Å². The van der Waals surface area contributed by atoms with E-state index in [1.807, 2.05) is 0 Å². The normalized spacial score (nSPS) is 12.7. The Labute approximate surface area is 86.7 Å². The molecule has 0 fully saturated rings. The van der Waals surface area contributed by atoms with Gasteiger partial charge in [-0.2, -0.15) is 0 Å². The van der Waals surface area contributed by atoms with Crippen LogP contribution in [0.2, 0.25) is 0 Å². The number of nitrogens with zero attached hydrogens (tertiary/aromatic N) is 1. The molecule has 2 N–H and O–H groups in total. The zero-order chi connectivity index (χ0) is 10.7. The molecule has 1 unspecified atom stereocenters. The fourth-order valence-corrected chi connectivity index (χ4v) is 1.48. The minimum Gasteiger partial charge on any atom is -0.448 e. The third-order valence-corrected chi connectivity index (χ3v) is 2.26. The van der Waals surface area contributed by atoms with Crippen LogP contribution in [0.5, 0.6) is 0 Å². The highest BCUT2D eigenvalue weighted by Crippen LogP contribution is 2.22. The molecule has 0 spiro atoms. The van der Waals surface area contributed by atoms with Crippen LogP contribution in [0.4, 0.5) is 4.39 Å². The Balaban J connectivity index is 2.31. The smallest absolute Gasteiger partial charge is 0.202 e. The molecule has 1 aromatic carbocycles. The molecule has 78 valence electrons. The van der Waals surface area contributed by atoms with Gasteiger partial charge in [0.2, 0.25) is 5.89 Å². The Morgan fingerprint density at radius 1 is 1.33 bits per heavy atom. The van der Waals surface area contributed by atoms with Crippen molar-refractivity contribution < 1.29 is 8.81 Å². The lowest BCUT2D eigenvalue weighted by Gasteiger charge is -2.10. The van der Waals surface area contributed by atoms with Gasteiger partial charge in [-0.15, -0.1) is 0 Å². The van der Waals surface area contributed by atoms with E-state index in [4.69, 9.17) is 10.2 Å². The van der Waals surface area contributed by atoms with Crippen LogP contribution < -0.4 is 5.73 Å². The van der Waals surface area contributed by atoms with E-state index in [1.165, 1.54) is 18.4 Å². The Kier molecular flexibility index (Phi) is 2.78. The van der Waals surface area contributed by atoms with Crippen molar-refractivity contribution in [3.05, 3.63) is 54.0 Å². The highest BCUT2D eigenvalue weighted by molar-refractivity contribution is 5.25. The number of benzene rings is 1. The lowest BCUT2D eigenvalue weighted by atomic mass is 9.99. The monoisotopic (exact) mass is 206 g/mol. The lowest BCUT2D eigenvalue weighted by Crippen LogP contribution is -2.14. The SMILES string of the molecule is NCC(c1ccc(F)cc1)c1ncco1. The minimum atomic E-state index is -0.262. The average Bonchev–Trinajstić information content (AvgIpc) is 2.75. The van der Waals surface area contributed by atoms with Gasteiger partial charge in [0.1, 0.15) is 12.1 Å². The molecule has 0 bridgehead atoms. The maximum atomic E-state index is 12.7. The number of halogens is 1. The van der Waals surface area contributed by atoms with Crippen molar-refractivity contribution in [1.82, 2.24) is 4.98 Å². The second-order valence-corrected chi connectivity index (χ2v) is 3.21. The zero-order valence-electron chi connectivity index (χ0n) is 8.06. The van der Waals surface area contributed by atoms with E-state index in [-0.39, 0.29) is 11.7 Å². The van der Waals surface area contributed by atoms with Crippen molar-refractivity contribution in [1.29, 1.82) is 0 Å². The summed E-state index contributed by atoms with van der Waals surface area (Å²) >= 11 is 0. The molecule has 0 aliphatic rings. The van der Waals surface area contributed by atoms with E-state index >= 15 is 0 Å². The highest BCUT2D eigenvalue weighted by Gasteiger charge is 2.16. The van der Waals surface area contributed by atoms with Crippen molar-refractivity contribution in [3.63, 3.8) is 0 Å². The Morgan fingerprint density at radius 3 is 2.60 bits per heavy atom. The van der Waals surface area contributed by atoms with Crippen molar-refractivity contribution in [2.75, 3.05) is 6.54 Å². The third kappa shape index (κ3) is 2.05. The maximum absolute atomic E-state index is 12.7. The molecule has 0 radical (unpaired) electrons. The Morgan fingerprint density at radius 2 is 2.07 bits per heavy atom. The van der Waals surface area contributed by atoms with E-state index in [2.05, 4.69) is 4.98 Å². The summed E-state index contributed by atoms with van der Waals surface area (Å²) in [6, 6.07) is 6.19. The minimum absolute atomic E-state index is 0.111. The fraction of sp³-hybridized carbons (Fsp3) is 0.182. The molecule has 2 aromatic rings. The number of hydrogen-bond donors (Lipinski definition) is 1. The molecule has 1 atom stereocenters. The molecule has 1 aromatic heterocycles. The first-order valence-corrected chi connectivity index (χ1v) is 4.66. The van der Waals surface area contributed by atoms with Gasteiger partial charge < -0.3 is 10.2 Å². The summed E-state index contributed by atoms with van der Waals surface area (Å²) in [6.45, 7) is 0.381. The van der Waals surface area contributed by atoms with Gasteiger partial charge >= 0.3 is 0 Å². The second kappa shape index (κ2) is 4.23. The summed E-state index contributed by atoms with van der Waals surface area (Å²) < 4.78 is 17.9. The summed E-state index contributed by atoms with van der Waals surface area (Å²) in [7, 11) is 0. The van der Waals surface area contributed by atoms with Crippen LogP contribution in [0.3, 0.4) is 0 Å². The van der Waals surface area contributed by atoms with Gasteiger partial charge in [-0.25, -0.2) is 9.37 Å². The summed E-state index contributed by atoms with van der Waals surface area (Å²) in [6.07, 6.45) is 3.07. The maximum Gasteiger partial charge on any atom is 0.202 e. The second-order valence-electron chi connectivity index (χ2n) is 3.21. The fourth-order valence-electron chi connectivity index (χ4n) is 1.48. The number of nitrogens with two attached hydrogens (primary N) is 1. The summed E-state index contributed by atoms with van der Waals surface area (Å²) in [5.74, 6) is 0.187. The highest BCUT2D eigenvalue weighted by atomic mass is 19.1. The number of rotatable bonds is 3. The zero-order valence-corrected chi connectivity index (χ0v) is 8.06. The first-order chi connectivity index (χ1) is 7.31. The van der Waals surface area contributed by atoms with Crippen LogP contribution in [0, 0.1) is 5.82 Å². The Bertz CT molecular complexity index is 411. The van der Waals surface area contributed by atoms with E-state index < -0.39 is 0 Å². The molecule has 1 heterocycles. The average molecular weight is 206 g/mol. The predicted octanol–water partition coefficient (Wildman–Crippen LogP) is 1.90. The van der Waals surface area contributed by atoms with Gasteiger partial charge in [-0.3, -0.25) is 0 Å². The number of aromatic nitrogens is 1. The van der Waals surface area contributed by atoms with Crippen LogP contribution in [-0.4, -0.2) is 11.5 Å². The molecule has 0 amide bonds. The summed E-state index contributed by atoms with van der Waals surface area (Å²) in [5.41, 5.74) is 6.54. The molecule has 0 saturated carbocycles. The van der Waals surface area contributed by atoms with E-state index in [0.29, 0.717) is 12.4 Å². The van der Waals surface area contributed by atoms with Crippen LogP contribution in [0.15, 0.2) is 41.1 Å². The van der Waals surface area contributed by atoms with Gasteiger partial charge in [0.25, 0.3) is 0 Å². The standard InChI is InChI=1S/C11H11FN2O/c12-9-3-1-8(2-4-9)10(7-13)11-14-5-6-15-11/h1-6,10H,7,13H2. The molecule has 0 saturated heterocycles. The van der Waals surface area contributed by atoms with Gasteiger partial charge in [0, 0.05) is 6.54 Å². The number of oxazole rings is 1. The quantitative estimate of drug-likeness (QED) is 0.834. The molecule has 15 heavy (non-hydrogen) atoms. The van der Waals surface area contributed by atoms with E-state index in [9.17, 15) is 4.39 Å². The molecule has 2 rings (SSSR count). The third-order valence-electron chi connectivity index (χ3n) is 2.26. The van der Waals surface area contributed by atoms with Crippen LogP contribution in [0.25, 0.3) is 0 Å². The molecular formula is C11H11FN2O. The van der Waals surface area contributed by atoms with Crippen LogP contribution >= 0.6 is 0 Å². The van der Waals surface area contributed by atoms with Crippen LogP contribution in [-0.2, 0) is 0 Å². The van der Waals surface area contributed by atoms with Crippen molar-refractivity contribution in [2.24, 2.45) is 5.73 Å². The van der Waals surface area contributed by atoms with Gasteiger partial charge in [0.15, 0.2) is 0 Å².